The van der Waals surface area contributed by atoms with Crippen LogP contribution in [-0.4, -0.2) is 42.3 Å². The lowest BCUT2D eigenvalue weighted by atomic mass is 10.1. The minimum atomic E-state index is -0.335. The molecule has 0 spiro atoms. The van der Waals surface area contributed by atoms with E-state index in [0.29, 0.717) is 10.9 Å². The summed E-state index contributed by atoms with van der Waals surface area (Å²) in [5.41, 5.74) is 1.46. The van der Waals surface area contributed by atoms with E-state index in [9.17, 15) is 4.39 Å². The first kappa shape index (κ1) is 12.8. The van der Waals surface area contributed by atoms with Gasteiger partial charge in [-0.1, -0.05) is 6.92 Å². The van der Waals surface area contributed by atoms with E-state index >= 15 is 0 Å². The number of benzene rings is 1. The fraction of sp³-hybridized carbons (Fsp3) is 0.462. The predicted octanol–water partition coefficient (Wildman–Crippen LogP) is 2.20. The number of halogens is 1. The summed E-state index contributed by atoms with van der Waals surface area (Å²) in [4.78, 5) is 2.17. The molecule has 1 aromatic carbocycles. The van der Waals surface area contributed by atoms with Gasteiger partial charge in [0.1, 0.15) is 0 Å². The van der Waals surface area contributed by atoms with E-state index in [1.165, 1.54) is 7.11 Å². The average molecular weight is 251 g/mol. The van der Waals surface area contributed by atoms with Gasteiger partial charge >= 0.3 is 0 Å². The Hall–Kier alpha value is -1.62. The van der Waals surface area contributed by atoms with E-state index in [2.05, 4.69) is 22.0 Å². The van der Waals surface area contributed by atoms with Crippen LogP contribution in [0.2, 0.25) is 0 Å². The second-order valence-corrected chi connectivity index (χ2v) is 4.32. The third kappa shape index (κ3) is 2.31. The van der Waals surface area contributed by atoms with Gasteiger partial charge in [-0.15, -0.1) is 0 Å². The van der Waals surface area contributed by atoms with Crippen molar-refractivity contribution < 1.29 is 9.13 Å². The normalized spacial score (nSPS) is 11.4. The van der Waals surface area contributed by atoms with Crippen molar-refractivity contribution in [2.24, 2.45) is 0 Å². The number of aromatic amines is 1. The van der Waals surface area contributed by atoms with E-state index in [1.54, 1.807) is 12.1 Å². The first-order valence-electron chi connectivity index (χ1n) is 6.05. The van der Waals surface area contributed by atoms with Gasteiger partial charge in [0.15, 0.2) is 11.6 Å². The average Bonchev–Trinajstić information content (AvgIpc) is 2.80. The molecule has 0 saturated heterocycles. The molecule has 4 nitrogen and oxygen atoms in total. The minimum Gasteiger partial charge on any atom is -0.494 e. The molecule has 0 unspecified atom stereocenters. The van der Waals surface area contributed by atoms with Crippen LogP contribution in [0.25, 0.3) is 10.9 Å². The summed E-state index contributed by atoms with van der Waals surface area (Å²) >= 11 is 0. The molecule has 1 aromatic heterocycles. The molecule has 2 aromatic rings. The number of H-pyrrole nitrogens is 1. The second kappa shape index (κ2) is 5.35. The number of methoxy groups -OCH3 is 1. The molecule has 0 aliphatic carbocycles. The van der Waals surface area contributed by atoms with E-state index in [1.807, 2.05) is 7.05 Å². The SMILES string of the molecule is CCN(C)CCc1[nH]nc2ccc(OC)c(F)c12. The van der Waals surface area contributed by atoms with Gasteiger partial charge in [0.25, 0.3) is 0 Å². The van der Waals surface area contributed by atoms with Crippen molar-refractivity contribution in [2.75, 3.05) is 27.2 Å². The number of likely N-dealkylation sites (N-methyl/N-ethyl adjacent to an activating group) is 1. The Bertz CT molecular complexity index is 538. The zero-order valence-electron chi connectivity index (χ0n) is 11.0. The van der Waals surface area contributed by atoms with Crippen LogP contribution in [0.15, 0.2) is 12.1 Å². The summed E-state index contributed by atoms with van der Waals surface area (Å²) in [5.74, 6) is -0.0769. The first-order chi connectivity index (χ1) is 8.67. The number of hydrogen-bond acceptors (Lipinski definition) is 3. The molecule has 0 aliphatic rings. The van der Waals surface area contributed by atoms with Crippen LogP contribution in [0.3, 0.4) is 0 Å². The van der Waals surface area contributed by atoms with Crippen molar-refractivity contribution in [3.05, 3.63) is 23.6 Å². The van der Waals surface area contributed by atoms with Crippen LogP contribution >= 0.6 is 0 Å². The first-order valence-corrected chi connectivity index (χ1v) is 6.05. The number of nitrogens with one attached hydrogen (secondary N) is 1. The van der Waals surface area contributed by atoms with Crippen molar-refractivity contribution in [1.82, 2.24) is 15.1 Å². The van der Waals surface area contributed by atoms with Gasteiger partial charge < -0.3 is 9.64 Å². The van der Waals surface area contributed by atoms with Gasteiger partial charge in [0, 0.05) is 18.7 Å². The Labute approximate surface area is 106 Å². The van der Waals surface area contributed by atoms with Crippen LogP contribution in [0.1, 0.15) is 12.6 Å². The third-order valence-corrected chi connectivity index (χ3v) is 3.20. The summed E-state index contributed by atoms with van der Waals surface area (Å²) in [7, 11) is 3.50. The number of fused-ring (bicyclic) bond motifs is 1. The molecule has 0 atom stereocenters. The molecule has 0 fully saturated rings. The summed E-state index contributed by atoms with van der Waals surface area (Å²) in [5, 5.41) is 7.57. The minimum absolute atomic E-state index is 0.258. The van der Waals surface area contributed by atoms with Gasteiger partial charge in [-0.2, -0.15) is 5.10 Å². The van der Waals surface area contributed by atoms with Crippen LogP contribution in [0.5, 0.6) is 5.75 Å². The van der Waals surface area contributed by atoms with Crippen molar-refractivity contribution in [2.45, 2.75) is 13.3 Å². The molecule has 0 amide bonds. The number of nitrogens with zero attached hydrogens (tertiary/aromatic N) is 2. The van der Waals surface area contributed by atoms with E-state index in [-0.39, 0.29) is 11.6 Å². The maximum absolute atomic E-state index is 14.2. The molecule has 1 heterocycles. The van der Waals surface area contributed by atoms with Gasteiger partial charge in [-0.3, -0.25) is 5.10 Å². The maximum atomic E-state index is 14.2. The Morgan fingerprint density at radius 2 is 2.22 bits per heavy atom. The van der Waals surface area contributed by atoms with Crippen LogP contribution in [0.4, 0.5) is 4.39 Å². The molecule has 2 rings (SSSR count). The van der Waals surface area contributed by atoms with Gasteiger partial charge in [0.2, 0.25) is 0 Å². The highest BCUT2D eigenvalue weighted by molar-refractivity contribution is 5.83. The lowest BCUT2D eigenvalue weighted by Crippen LogP contribution is -2.20. The highest BCUT2D eigenvalue weighted by Gasteiger charge is 2.14. The van der Waals surface area contributed by atoms with E-state index in [4.69, 9.17) is 4.74 Å². The number of rotatable bonds is 5. The highest BCUT2D eigenvalue weighted by atomic mass is 19.1. The van der Waals surface area contributed by atoms with Crippen molar-refractivity contribution in [1.29, 1.82) is 0 Å². The molecule has 0 bridgehead atoms. The Morgan fingerprint density at radius 1 is 1.44 bits per heavy atom. The zero-order chi connectivity index (χ0) is 13.1. The van der Waals surface area contributed by atoms with Gasteiger partial charge in [-0.05, 0) is 25.7 Å². The van der Waals surface area contributed by atoms with Crippen molar-refractivity contribution >= 4 is 10.9 Å². The fourth-order valence-electron chi connectivity index (χ4n) is 1.91. The quantitative estimate of drug-likeness (QED) is 0.885. The molecule has 0 radical (unpaired) electrons. The Kier molecular flexibility index (Phi) is 3.81. The molecule has 5 heteroatoms. The zero-order valence-corrected chi connectivity index (χ0v) is 11.0. The van der Waals surface area contributed by atoms with E-state index < -0.39 is 0 Å². The lowest BCUT2D eigenvalue weighted by Gasteiger charge is -2.12. The van der Waals surface area contributed by atoms with Crippen molar-refractivity contribution in [3.63, 3.8) is 0 Å². The van der Waals surface area contributed by atoms with Crippen LogP contribution < -0.4 is 4.74 Å². The molecular weight excluding hydrogens is 233 g/mol. The number of hydrogen-bond donors (Lipinski definition) is 1. The van der Waals surface area contributed by atoms with Crippen LogP contribution in [0, 0.1) is 5.82 Å². The molecule has 98 valence electrons. The predicted molar refractivity (Wildman–Crippen MR) is 69.5 cm³/mol. The van der Waals surface area contributed by atoms with E-state index in [0.717, 1.165) is 25.2 Å². The van der Waals surface area contributed by atoms with Crippen molar-refractivity contribution in [3.8, 4) is 5.75 Å². The molecule has 1 N–H and O–H groups in total. The Balaban J connectivity index is 2.33. The molecule has 0 saturated carbocycles. The smallest absolute Gasteiger partial charge is 0.176 e. The number of aromatic nitrogens is 2. The molecule has 18 heavy (non-hydrogen) atoms. The highest BCUT2D eigenvalue weighted by Crippen LogP contribution is 2.27. The lowest BCUT2D eigenvalue weighted by molar-refractivity contribution is 0.356. The fourth-order valence-corrected chi connectivity index (χ4v) is 1.91. The molecular formula is C13H18FN3O. The monoisotopic (exact) mass is 251 g/mol. The van der Waals surface area contributed by atoms with Gasteiger partial charge in [0.05, 0.1) is 18.0 Å². The topological polar surface area (TPSA) is 41.2 Å². The molecule has 0 aliphatic heterocycles. The van der Waals surface area contributed by atoms with Gasteiger partial charge in [-0.25, -0.2) is 4.39 Å². The summed E-state index contributed by atoms with van der Waals surface area (Å²) in [6.07, 6.45) is 0.741. The Morgan fingerprint density at radius 3 is 2.89 bits per heavy atom. The number of ether oxygens (including phenoxy) is 1. The third-order valence-electron chi connectivity index (χ3n) is 3.20. The summed E-state index contributed by atoms with van der Waals surface area (Å²) in [6, 6.07) is 3.36. The maximum Gasteiger partial charge on any atom is 0.176 e. The summed E-state index contributed by atoms with van der Waals surface area (Å²) < 4.78 is 19.2. The second-order valence-electron chi connectivity index (χ2n) is 4.32. The standard InChI is InChI=1S/C13H18FN3O/c1-4-17(2)8-7-10-12-9(15-16-10)5-6-11(18-3)13(12)14/h5-6H,4,7-8H2,1-3H3,(H,15,16). The largest absolute Gasteiger partial charge is 0.494 e. The summed E-state index contributed by atoms with van der Waals surface area (Å²) in [6.45, 7) is 3.93. The van der Waals surface area contributed by atoms with Crippen LogP contribution in [-0.2, 0) is 6.42 Å².